The first-order valence-electron chi connectivity index (χ1n) is 8.97. The molecule has 0 atom stereocenters. The Labute approximate surface area is 167 Å². The fourth-order valence-electron chi connectivity index (χ4n) is 2.84. The normalized spacial score (nSPS) is 11.7. The molecule has 2 aromatic rings. The van der Waals surface area contributed by atoms with Crippen molar-refractivity contribution in [1.82, 2.24) is 14.7 Å². The first-order chi connectivity index (χ1) is 13.5. The fraction of sp³-hybridized carbons (Fsp3) is 0.350. The first kappa shape index (κ1) is 22.2. The number of hydrogen-bond donors (Lipinski definition) is 1. The molecule has 0 radical (unpaired) electrons. The Morgan fingerprint density at radius 3 is 2.45 bits per heavy atom. The SMILES string of the molecule is CCN(CC(=O)Nc1ccccc1C(F)(F)F)C(=O)/C=C/c1c(C)nn(C)c1C. The summed E-state index contributed by atoms with van der Waals surface area (Å²) in [5.41, 5.74) is 1.17. The standard InChI is InChI=1S/C20H23F3N4O2/c1-5-27(19(29)11-10-15-13(2)25-26(4)14(15)3)12-18(28)24-17-9-7-6-8-16(17)20(21,22)23/h6-11H,5,12H2,1-4H3,(H,24,28)/b11-10+. The van der Waals surface area contributed by atoms with Gasteiger partial charge in [-0.05, 0) is 39.0 Å². The number of para-hydroxylation sites is 1. The number of aryl methyl sites for hydroxylation is 2. The number of likely N-dealkylation sites (N-methyl/N-ethyl adjacent to an activating group) is 1. The average molecular weight is 408 g/mol. The summed E-state index contributed by atoms with van der Waals surface area (Å²) in [7, 11) is 1.79. The Morgan fingerprint density at radius 2 is 1.90 bits per heavy atom. The Morgan fingerprint density at radius 1 is 1.24 bits per heavy atom. The average Bonchev–Trinajstić information content (AvgIpc) is 2.89. The van der Waals surface area contributed by atoms with E-state index in [1.54, 1.807) is 24.7 Å². The van der Waals surface area contributed by atoms with Gasteiger partial charge in [0.05, 0.1) is 16.9 Å². The van der Waals surface area contributed by atoms with Crippen molar-refractivity contribution in [1.29, 1.82) is 0 Å². The number of amides is 2. The van der Waals surface area contributed by atoms with E-state index in [9.17, 15) is 22.8 Å². The van der Waals surface area contributed by atoms with Crippen LogP contribution >= 0.6 is 0 Å². The lowest BCUT2D eigenvalue weighted by Gasteiger charge is -2.19. The summed E-state index contributed by atoms with van der Waals surface area (Å²) in [6, 6.07) is 4.70. The Balaban J connectivity index is 2.09. The van der Waals surface area contributed by atoms with Crippen LogP contribution in [0.2, 0.25) is 0 Å². The number of rotatable bonds is 6. The lowest BCUT2D eigenvalue weighted by molar-refractivity contribution is -0.137. The number of alkyl halides is 3. The maximum Gasteiger partial charge on any atom is 0.418 e. The third-order valence-electron chi connectivity index (χ3n) is 4.49. The van der Waals surface area contributed by atoms with Crippen molar-refractivity contribution in [3.63, 3.8) is 0 Å². The molecule has 0 fully saturated rings. The zero-order valence-corrected chi connectivity index (χ0v) is 16.7. The van der Waals surface area contributed by atoms with Crippen molar-refractivity contribution in [2.45, 2.75) is 26.9 Å². The van der Waals surface area contributed by atoms with Gasteiger partial charge in [0.1, 0.15) is 6.54 Å². The number of carbonyl (C=O) groups is 2. The first-order valence-corrected chi connectivity index (χ1v) is 8.97. The zero-order valence-electron chi connectivity index (χ0n) is 16.7. The van der Waals surface area contributed by atoms with Gasteiger partial charge in [-0.15, -0.1) is 0 Å². The Hall–Kier alpha value is -3.10. The van der Waals surface area contributed by atoms with E-state index in [0.29, 0.717) is 0 Å². The van der Waals surface area contributed by atoms with Crippen molar-refractivity contribution in [2.24, 2.45) is 7.05 Å². The van der Waals surface area contributed by atoms with Crippen molar-refractivity contribution in [3.05, 3.63) is 52.9 Å². The Bertz CT molecular complexity index is 932. The van der Waals surface area contributed by atoms with Gasteiger partial charge in [-0.2, -0.15) is 18.3 Å². The second kappa shape index (κ2) is 8.93. The summed E-state index contributed by atoms with van der Waals surface area (Å²) < 4.78 is 40.9. The lowest BCUT2D eigenvalue weighted by Crippen LogP contribution is -2.37. The summed E-state index contributed by atoms with van der Waals surface area (Å²) in [6.07, 6.45) is -1.64. The number of halogens is 3. The van der Waals surface area contributed by atoms with Crippen LogP contribution in [0.15, 0.2) is 30.3 Å². The third kappa shape index (κ3) is 5.46. The highest BCUT2D eigenvalue weighted by Crippen LogP contribution is 2.34. The number of aromatic nitrogens is 2. The topological polar surface area (TPSA) is 67.2 Å². The van der Waals surface area contributed by atoms with Gasteiger partial charge in [0.25, 0.3) is 0 Å². The van der Waals surface area contributed by atoms with Gasteiger partial charge in [-0.3, -0.25) is 14.3 Å². The van der Waals surface area contributed by atoms with Crippen molar-refractivity contribution in [2.75, 3.05) is 18.4 Å². The molecule has 0 aliphatic heterocycles. The van der Waals surface area contributed by atoms with Crippen LogP contribution in [0.4, 0.5) is 18.9 Å². The van der Waals surface area contributed by atoms with Gasteiger partial charge in [-0.25, -0.2) is 0 Å². The van der Waals surface area contributed by atoms with E-state index < -0.39 is 23.6 Å². The number of nitrogens with one attached hydrogen (secondary N) is 1. The highest BCUT2D eigenvalue weighted by molar-refractivity contribution is 5.98. The molecule has 1 aromatic carbocycles. The predicted molar refractivity (Wildman–Crippen MR) is 104 cm³/mol. The lowest BCUT2D eigenvalue weighted by atomic mass is 10.1. The molecule has 2 rings (SSSR count). The van der Waals surface area contributed by atoms with Crippen LogP contribution in [0, 0.1) is 13.8 Å². The molecule has 0 aliphatic carbocycles. The molecular formula is C20H23F3N4O2. The van der Waals surface area contributed by atoms with Gasteiger partial charge < -0.3 is 10.2 Å². The summed E-state index contributed by atoms with van der Waals surface area (Å²) >= 11 is 0. The molecule has 0 unspecified atom stereocenters. The molecule has 2 amide bonds. The number of carbonyl (C=O) groups excluding carboxylic acids is 2. The van der Waals surface area contributed by atoms with Crippen LogP contribution in [-0.4, -0.2) is 39.6 Å². The molecular weight excluding hydrogens is 385 g/mol. The van der Waals surface area contributed by atoms with Crippen LogP contribution in [0.5, 0.6) is 0 Å². The van der Waals surface area contributed by atoms with Crippen molar-refractivity contribution >= 4 is 23.6 Å². The van der Waals surface area contributed by atoms with E-state index in [2.05, 4.69) is 10.4 Å². The maximum absolute atomic E-state index is 13.1. The van der Waals surface area contributed by atoms with E-state index in [0.717, 1.165) is 23.0 Å². The molecule has 29 heavy (non-hydrogen) atoms. The smallest absolute Gasteiger partial charge is 0.330 e. The molecule has 156 valence electrons. The largest absolute Gasteiger partial charge is 0.418 e. The maximum atomic E-state index is 13.1. The van der Waals surface area contributed by atoms with Gasteiger partial charge in [0.15, 0.2) is 0 Å². The van der Waals surface area contributed by atoms with Crippen LogP contribution in [-0.2, 0) is 22.8 Å². The molecule has 1 aromatic heterocycles. The van der Waals surface area contributed by atoms with E-state index >= 15 is 0 Å². The second-order valence-electron chi connectivity index (χ2n) is 6.49. The van der Waals surface area contributed by atoms with Crippen LogP contribution in [0.1, 0.15) is 29.4 Å². The molecule has 6 nitrogen and oxygen atoms in total. The van der Waals surface area contributed by atoms with Gasteiger partial charge >= 0.3 is 6.18 Å². The molecule has 0 aliphatic rings. The molecule has 1 heterocycles. The van der Waals surface area contributed by atoms with Gasteiger partial charge in [-0.1, -0.05) is 12.1 Å². The van der Waals surface area contributed by atoms with Gasteiger partial charge in [0.2, 0.25) is 11.8 Å². The number of nitrogens with zero attached hydrogens (tertiary/aromatic N) is 3. The van der Waals surface area contributed by atoms with E-state index in [1.807, 2.05) is 13.8 Å². The summed E-state index contributed by atoms with van der Waals surface area (Å²) in [6.45, 7) is 5.23. The molecule has 1 N–H and O–H groups in total. The van der Waals surface area contributed by atoms with Crippen molar-refractivity contribution < 1.29 is 22.8 Å². The van der Waals surface area contributed by atoms with Crippen LogP contribution in [0.3, 0.4) is 0 Å². The number of hydrogen-bond acceptors (Lipinski definition) is 3. The fourth-order valence-corrected chi connectivity index (χ4v) is 2.84. The molecule has 0 spiro atoms. The molecule has 0 saturated carbocycles. The van der Waals surface area contributed by atoms with Gasteiger partial charge in [0, 0.05) is 30.9 Å². The highest BCUT2D eigenvalue weighted by atomic mass is 19.4. The quantitative estimate of drug-likeness (QED) is 0.744. The van der Waals surface area contributed by atoms with E-state index in [-0.39, 0.29) is 18.8 Å². The van der Waals surface area contributed by atoms with Crippen molar-refractivity contribution in [3.8, 4) is 0 Å². The minimum atomic E-state index is -4.59. The molecule has 0 saturated heterocycles. The number of benzene rings is 1. The summed E-state index contributed by atoms with van der Waals surface area (Å²) in [5.74, 6) is -1.13. The predicted octanol–water partition coefficient (Wildman–Crippen LogP) is 3.56. The Kier molecular flexibility index (Phi) is 6.84. The minimum absolute atomic E-state index is 0.225. The third-order valence-corrected chi connectivity index (χ3v) is 4.49. The van der Waals surface area contributed by atoms with Crippen LogP contribution in [0.25, 0.3) is 6.08 Å². The van der Waals surface area contributed by atoms with E-state index in [4.69, 9.17) is 0 Å². The summed E-state index contributed by atoms with van der Waals surface area (Å²) in [4.78, 5) is 25.9. The monoisotopic (exact) mass is 408 g/mol. The zero-order chi connectivity index (χ0) is 21.8. The molecule has 0 bridgehead atoms. The molecule has 9 heteroatoms. The van der Waals surface area contributed by atoms with Crippen LogP contribution < -0.4 is 5.32 Å². The minimum Gasteiger partial charge on any atom is -0.330 e. The number of anilines is 1. The summed E-state index contributed by atoms with van der Waals surface area (Å²) in [5, 5.41) is 6.50. The highest BCUT2D eigenvalue weighted by Gasteiger charge is 2.33. The van der Waals surface area contributed by atoms with E-state index in [1.165, 1.54) is 29.2 Å². The second-order valence-corrected chi connectivity index (χ2v) is 6.49.